The monoisotopic (exact) mass is 418 g/mol. The van der Waals surface area contributed by atoms with Gasteiger partial charge in [-0.15, -0.1) is 0 Å². The molecule has 0 radical (unpaired) electrons. The maximum atomic E-state index is 13.4. The van der Waals surface area contributed by atoms with Crippen molar-refractivity contribution in [2.75, 3.05) is 0 Å². The average molecular weight is 419 g/mol. The molecule has 132 valence electrons. The summed E-state index contributed by atoms with van der Waals surface area (Å²) in [6.45, 7) is 0. The van der Waals surface area contributed by atoms with Crippen LogP contribution in [-0.2, 0) is 12.8 Å². The van der Waals surface area contributed by atoms with Crippen molar-refractivity contribution in [3.63, 3.8) is 0 Å². The summed E-state index contributed by atoms with van der Waals surface area (Å²) in [5, 5.41) is 20.1. The average Bonchev–Trinajstić information content (AvgIpc) is 3.11. The van der Waals surface area contributed by atoms with Gasteiger partial charge in [-0.1, -0.05) is 16.4 Å². The van der Waals surface area contributed by atoms with Crippen LogP contribution in [0, 0.1) is 5.82 Å². The fourth-order valence-corrected chi connectivity index (χ4v) is 2.77. The smallest absolute Gasteiger partial charge is 0.169 e. The molecule has 0 spiro atoms. The highest BCUT2D eigenvalue weighted by Crippen LogP contribution is 2.19. The van der Waals surface area contributed by atoms with Crippen LogP contribution in [0.25, 0.3) is 0 Å². The minimum Gasteiger partial charge on any atom is -0.411 e. The molecular weight excluding hydrogens is 407 g/mol. The first-order valence-corrected chi connectivity index (χ1v) is 8.27. The molecular formula is C17H12BrFN4O3. The topological polar surface area (TPSA) is 101 Å². The van der Waals surface area contributed by atoms with Gasteiger partial charge in [0.15, 0.2) is 11.5 Å². The van der Waals surface area contributed by atoms with Gasteiger partial charge in [0.05, 0.1) is 10.9 Å². The van der Waals surface area contributed by atoms with E-state index in [9.17, 15) is 14.4 Å². The number of hydrogen-bond donors (Lipinski definition) is 1. The SMILES string of the molecule is O=C(Cc1nonc1C(Cc1ccc(F)c(Br)c1)=NO)c1ccncc1. The summed E-state index contributed by atoms with van der Waals surface area (Å²) in [5.74, 6) is -0.603. The summed E-state index contributed by atoms with van der Waals surface area (Å²) < 4.78 is 18.4. The van der Waals surface area contributed by atoms with Crippen molar-refractivity contribution in [2.24, 2.45) is 5.16 Å². The van der Waals surface area contributed by atoms with Crippen molar-refractivity contribution in [3.05, 3.63) is 75.5 Å². The first-order valence-electron chi connectivity index (χ1n) is 7.48. The van der Waals surface area contributed by atoms with Gasteiger partial charge in [0.2, 0.25) is 0 Å². The molecule has 1 N–H and O–H groups in total. The van der Waals surface area contributed by atoms with Crippen LogP contribution < -0.4 is 0 Å². The summed E-state index contributed by atoms with van der Waals surface area (Å²) >= 11 is 3.11. The number of oxime groups is 1. The van der Waals surface area contributed by atoms with E-state index in [-0.39, 0.29) is 35.7 Å². The number of hydrogen-bond acceptors (Lipinski definition) is 7. The van der Waals surface area contributed by atoms with E-state index >= 15 is 0 Å². The van der Waals surface area contributed by atoms with Gasteiger partial charge in [0, 0.05) is 24.4 Å². The molecule has 9 heteroatoms. The minimum absolute atomic E-state index is 0.0744. The number of nitrogens with zero attached hydrogens (tertiary/aromatic N) is 4. The highest BCUT2D eigenvalue weighted by molar-refractivity contribution is 9.10. The molecule has 3 rings (SSSR count). The Morgan fingerprint density at radius 1 is 1.19 bits per heavy atom. The van der Waals surface area contributed by atoms with Crippen LogP contribution in [-0.4, -0.2) is 32.0 Å². The van der Waals surface area contributed by atoms with E-state index < -0.39 is 5.82 Å². The molecule has 3 aromatic rings. The Balaban J connectivity index is 1.81. The van der Waals surface area contributed by atoms with Crippen LogP contribution in [0.2, 0.25) is 0 Å². The van der Waals surface area contributed by atoms with Gasteiger partial charge in [-0.05, 0) is 50.9 Å². The summed E-state index contributed by atoms with van der Waals surface area (Å²) in [7, 11) is 0. The molecule has 0 unspecified atom stereocenters. The highest BCUT2D eigenvalue weighted by atomic mass is 79.9. The van der Waals surface area contributed by atoms with Crippen LogP contribution in [0.5, 0.6) is 0 Å². The molecule has 0 saturated carbocycles. The number of aromatic nitrogens is 3. The summed E-state index contributed by atoms with van der Waals surface area (Å²) in [5.41, 5.74) is 1.73. The number of ketones is 1. The molecule has 0 atom stereocenters. The number of carbonyl (C=O) groups is 1. The van der Waals surface area contributed by atoms with Crippen LogP contribution >= 0.6 is 15.9 Å². The Morgan fingerprint density at radius 2 is 1.96 bits per heavy atom. The molecule has 0 saturated heterocycles. The van der Waals surface area contributed by atoms with Gasteiger partial charge >= 0.3 is 0 Å². The van der Waals surface area contributed by atoms with Crippen molar-refractivity contribution < 1.29 is 19.0 Å². The number of halogens is 2. The second-order valence-corrected chi connectivity index (χ2v) is 6.22. The first-order chi connectivity index (χ1) is 12.6. The Morgan fingerprint density at radius 3 is 2.65 bits per heavy atom. The van der Waals surface area contributed by atoms with E-state index in [0.29, 0.717) is 15.6 Å². The van der Waals surface area contributed by atoms with Gasteiger partial charge in [0.25, 0.3) is 0 Å². The van der Waals surface area contributed by atoms with E-state index in [4.69, 9.17) is 4.63 Å². The first kappa shape index (κ1) is 17.9. The van der Waals surface area contributed by atoms with Crippen LogP contribution in [0.4, 0.5) is 4.39 Å². The third-order valence-corrected chi connectivity index (χ3v) is 4.24. The lowest BCUT2D eigenvalue weighted by atomic mass is 10.0. The molecule has 1 aromatic carbocycles. The van der Waals surface area contributed by atoms with Crippen molar-refractivity contribution in [3.8, 4) is 0 Å². The maximum absolute atomic E-state index is 13.4. The Bertz CT molecular complexity index is 960. The molecule has 26 heavy (non-hydrogen) atoms. The normalized spacial score (nSPS) is 11.5. The lowest BCUT2D eigenvalue weighted by Crippen LogP contribution is -2.12. The Kier molecular flexibility index (Phi) is 5.47. The van der Waals surface area contributed by atoms with Crippen LogP contribution in [0.1, 0.15) is 27.3 Å². The predicted molar refractivity (Wildman–Crippen MR) is 92.7 cm³/mol. The quantitative estimate of drug-likeness (QED) is 0.285. The van der Waals surface area contributed by atoms with Gasteiger partial charge in [-0.2, -0.15) is 0 Å². The van der Waals surface area contributed by atoms with Gasteiger partial charge in [-0.25, -0.2) is 9.02 Å². The van der Waals surface area contributed by atoms with E-state index in [1.54, 1.807) is 24.3 Å². The van der Waals surface area contributed by atoms with Crippen molar-refractivity contribution in [1.29, 1.82) is 0 Å². The molecule has 0 aliphatic heterocycles. The lowest BCUT2D eigenvalue weighted by molar-refractivity contribution is 0.0990. The number of carbonyl (C=O) groups excluding carboxylic acids is 1. The zero-order chi connectivity index (χ0) is 18.5. The molecule has 7 nitrogen and oxygen atoms in total. The number of rotatable bonds is 6. The summed E-state index contributed by atoms with van der Waals surface area (Å²) in [4.78, 5) is 16.2. The standard InChI is InChI=1S/C17H12BrFN4O3/c18-12-7-10(1-2-13(12)19)8-14(21-25)17-15(22-26-23-17)9-16(24)11-3-5-20-6-4-11/h1-7,25H,8-9H2. The predicted octanol–water partition coefficient (Wildman–Crippen LogP) is 3.21. The maximum Gasteiger partial charge on any atom is 0.169 e. The van der Waals surface area contributed by atoms with Crippen LogP contribution in [0.15, 0.2) is 57.0 Å². The van der Waals surface area contributed by atoms with Gasteiger partial charge in [0.1, 0.15) is 17.2 Å². The molecule has 0 bridgehead atoms. The fourth-order valence-electron chi connectivity index (χ4n) is 2.34. The molecule has 2 aromatic heterocycles. The van der Waals surface area contributed by atoms with E-state index in [0.717, 1.165) is 0 Å². The lowest BCUT2D eigenvalue weighted by Gasteiger charge is -2.04. The molecule has 0 aliphatic carbocycles. The zero-order valence-electron chi connectivity index (χ0n) is 13.3. The number of benzene rings is 1. The van der Waals surface area contributed by atoms with Crippen molar-refractivity contribution >= 4 is 27.4 Å². The van der Waals surface area contributed by atoms with E-state index in [2.05, 4.69) is 36.4 Å². The fraction of sp³-hybridized carbons (Fsp3) is 0.118. The molecule has 2 heterocycles. The summed E-state index contributed by atoms with van der Waals surface area (Å²) in [6, 6.07) is 7.60. The van der Waals surface area contributed by atoms with Gasteiger partial charge in [-0.3, -0.25) is 9.78 Å². The molecule has 0 aliphatic rings. The minimum atomic E-state index is -0.400. The Hall–Kier alpha value is -2.94. The van der Waals surface area contributed by atoms with Crippen molar-refractivity contribution in [2.45, 2.75) is 12.8 Å². The second-order valence-electron chi connectivity index (χ2n) is 5.37. The van der Waals surface area contributed by atoms with E-state index in [1.165, 1.54) is 18.5 Å². The van der Waals surface area contributed by atoms with Gasteiger partial charge < -0.3 is 5.21 Å². The second kappa shape index (κ2) is 7.96. The van der Waals surface area contributed by atoms with Crippen molar-refractivity contribution in [1.82, 2.24) is 15.3 Å². The number of Topliss-reactive ketones (excluding diaryl/α,β-unsaturated/α-hetero) is 1. The highest BCUT2D eigenvalue weighted by Gasteiger charge is 2.21. The summed E-state index contributed by atoms with van der Waals surface area (Å²) in [6.07, 6.45) is 3.11. The third kappa shape index (κ3) is 3.99. The van der Waals surface area contributed by atoms with Crippen LogP contribution in [0.3, 0.4) is 0 Å². The molecule has 0 amide bonds. The zero-order valence-corrected chi connectivity index (χ0v) is 14.9. The number of pyridine rings is 1. The molecule has 0 fully saturated rings. The largest absolute Gasteiger partial charge is 0.411 e. The Labute approximate surface area is 155 Å². The third-order valence-electron chi connectivity index (χ3n) is 3.64. The van der Waals surface area contributed by atoms with E-state index in [1.807, 2.05) is 0 Å².